The molecule has 2 aliphatic rings. The minimum atomic E-state index is -3.15. The van der Waals surface area contributed by atoms with Gasteiger partial charge in [0.15, 0.2) is 7.14 Å². The zero-order valence-corrected chi connectivity index (χ0v) is 34.4. The Morgan fingerprint density at radius 2 is 1.10 bits per heavy atom. The van der Waals surface area contributed by atoms with E-state index in [-0.39, 0.29) is 0 Å². The molecule has 61 heavy (non-hydrogen) atoms. The van der Waals surface area contributed by atoms with Gasteiger partial charge in [0.25, 0.3) is 0 Å². The number of para-hydroxylation sites is 4. The van der Waals surface area contributed by atoms with Gasteiger partial charge in [-0.3, -0.25) is 0 Å². The Morgan fingerprint density at radius 3 is 1.80 bits per heavy atom. The first kappa shape index (κ1) is 35.5. The van der Waals surface area contributed by atoms with Crippen LogP contribution in [-0.2, 0) is 9.98 Å². The summed E-state index contributed by atoms with van der Waals surface area (Å²) in [4.78, 5) is 0. The lowest BCUT2D eigenvalue weighted by molar-refractivity contribution is 0.438. The molecule has 0 aliphatic carbocycles. The SMILES string of the molecule is C=C/C=c1\c2n(c3ccccc13)-c1ccccc1C1(C=2C)c2ccccc2Oc2cc3c(cc21)c1ccccc1n3-c1ccc(P(=O)(c2ccccc2)c2ccccc2)cc1. The van der Waals surface area contributed by atoms with Crippen LogP contribution in [0.1, 0.15) is 23.6 Å². The van der Waals surface area contributed by atoms with Gasteiger partial charge in [-0.05, 0) is 72.7 Å². The summed E-state index contributed by atoms with van der Waals surface area (Å²) in [6.07, 6.45) is 4.06. The molecule has 0 N–H and O–H groups in total. The van der Waals surface area contributed by atoms with Crippen LogP contribution in [0, 0.1) is 0 Å². The summed E-state index contributed by atoms with van der Waals surface area (Å²) in [7, 11) is -3.15. The fourth-order valence-electron chi connectivity index (χ4n) is 10.5. The van der Waals surface area contributed by atoms with Crippen molar-refractivity contribution < 1.29 is 9.30 Å². The third-order valence-electron chi connectivity index (χ3n) is 13.1. The van der Waals surface area contributed by atoms with Crippen LogP contribution in [0.2, 0.25) is 0 Å². The Hall–Kier alpha value is -7.39. The van der Waals surface area contributed by atoms with E-state index < -0.39 is 12.6 Å². The van der Waals surface area contributed by atoms with Crippen LogP contribution in [0.4, 0.5) is 0 Å². The molecular weight excluding hydrogens is 764 g/mol. The second-order valence-corrected chi connectivity index (χ2v) is 18.8. The maximum absolute atomic E-state index is 15.3. The van der Waals surface area contributed by atoms with Crippen molar-refractivity contribution in [2.45, 2.75) is 12.3 Å². The van der Waals surface area contributed by atoms with E-state index in [4.69, 9.17) is 4.74 Å². The number of aromatic nitrogens is 2. The van der Waals surface area contributed by atoms with Crippen molar-refractivity contribution in [3.63, 3.8) is 0 Å². The summed E-state index contributed by atoms with van der Waals surface area (Å²) in [6.45, 7) is 6.47. The van der Waals surface area contributed by atoms with Gasteiger partial charge in [0.05, 0.1) is 33.0 Å². The molecule has 0 radical (unpaired) electrons. The number of rotatable bonds is 5. The third kappa shape index (κ3) is 4.80. The first-order valence-corrected chi connectivity index (χ1v) is 22.4. The molecule has 1 unspecified atom stereocenters. The number of hydrogen-bond acceptors (Lipinski definition) is 2. The van der Waals surface area contributed by atoms with E-state index in [1.165, 1.54) is 27.4 Å². The van der Waals surface area contributed by atoms with Crippen molar-refractivity contribution >= 4 is 67.4 Å². The molecule has 0 amide bonds. The largest absolute Gasteiger partial charge is 0.457 e. The standard InChI is InChI=1S/C56H39N2O2P/c1-3-18-44-42-23-10-15-28-50(42)58-51-29-16-12-25-46(51)56(37(2)55(44)58)47-26-13-17-30-53(47)60-54-36-52-45(35-48(54)56)43-24-11-14-27-49(43)57(52)38-31-33-41(34-32-38)61(59,39-19-6-4-7-20-39)40-21-8-5-9-22-40/h3-36H,1H2,2H3/b44-18-. The minimum Gasteiger partial charge on any atom is -0.457 e. The van der Waals surface area contributed by atoms with E-state index in [1.807, 2.05) is 78.9 Å². The predicted molar refractivity (Wildman–Crippen MR) is 253 cm³/mol. The van der Waals surface area contributed by atoms with E-state index in [0.717, 1.165) is 76.9 Å². The van der Waals surface area contributed by atoms with E-state index >= 15 is 4.57 Å². The number of allylic oxidation sites excluding steroid dienone is 1. The van der Waals surface area contributed by atoms with Gasteiger partial charge >= 0.3 is 0 Å². The summed E-state index contributed by atoms with van der Waals surface area (Å²) in [6, 6.07) is 67.4. The van der Waals surface area contributed by atoms with Gasteiger partial charge in [-0.1, -0.05) is 152 Å². The monoisotopic (exact) mass is 802 g/mol. The van der Waals surface area contributed by atoms with Gasteiger partial charge in [-0.2, -0.15) is 0 Å². The summed E-state index contributed by atoms with van der Waals surface area (Å²) in [5.41, 5.74) is 9.41. The third-order valence-corrected chi connectivity index (χ3v) is 16.1. The van der Waals surface area contributed by atoms with Crippen molar-refractivity contribution in [1.29, 1.82) is 0 Å². The molecule has 5 heteroatoms. The van der Waals surface area contributed by atoms with Crippen molar-refractivity contribution in [2.24, 2.45) is 0 Å². The van der Waals surface area contributed by atoms with Gasteiger partial charge < -0.3 is 18.4 Å². The Kier molecular flexibility index (Phi) is 7.76. The van der Waals surface area contributed by atoms with E-state index in [0.29, 0.717) is 0 Å². The summed E-state index contributed by atoms with van der Waals surface area (Å²) in [5.74, 6) is 1.66. The molecule has 0 saturated heterocycles. The Morgan fingerprint density at radius 1 is 0.525 bits per heavy atom. The number of hydrogen-bond donors (Lipinski definition) is 0. The molecule has 2 aliphatic heterocycles. The van der Waals surface area contributed by atoms with E-state index in [9.17, 15) is 0 Å². The average molecular weight is 803 g/mol. The molecule has 4 heterocycles. The van der Waals surface area contributed by atoms with Crippen LogP contribution in [0.25, 0.3) is 55.7 Å². The molecular formula is C56H39N2O2P. The van der Waals surface area contributed by atoms with Gasteiger partial charge in [-0.15, -0.1) is 0 Å². The Labute approximate surface area is 353 Å². The molecule has 0 bridgehead atoms. The smallest absolute Gasteiger partial charge is 0.171 e. The van der Waals surface area contributed by atoms with Crippen molar-refractivity contribution in [2.75, 3.05) is 0 Å². The number of ether oxygens (including phenoxy) is 1. The van der Waals surface area contributed by atoms with Crippen molar-refractivity contribution in [3.8, 4) is 22.9 Å². The first-order chi connectivity index (χ1) is 30.0. The maximum Gasteiger partial charge on any atom is 0.171 e. The fourth-order valence-corrected chi connectivity index (χ4v) is 13.2. The van der Waals surface area contributed by atoms with Crippen LogP contribution < -0.4 is 31.2 Å². The Bertz CT molecular complexity index is 3580. The molecule has 2 aromatic heterocycles. The molecule has 0 fully saturated rings. The fraction of sp³-hybridized carbons (Fsp3) is 0.0357. The second-order valence-electron chi connectivity index (χ2n) is 16.0. The zero-order chi connectivity index (χ0) is 40.9. The average Bonchev–Trinajstić information content (AvgIpc) is 3.82. The molecule has 0 saturated carbocycles. The highest BCUT2D eigenvalue weighted by atomic mass is 31.2. The van der Waals surface area contributed by atoms with Gasteiger partial charge in [-0.25, -0.2) is 0 Å². The van der Waals surface area contributed by atoms with Crippen LogP contribution in [0.15, 0.2) is 207 Å². The highest BCUT2D eigenvalue weighted by Crippen LogP contribution is 2.59. The highest BCUT2D eigenvalue weighted by Gasteiger charge is 2.49. The molecule has 1 atom stereocenters. The quantitative estimate of drug-likeness (QED) is 0.163. The Balaban J connectivity index is 1.14. The summed E-state index contributed by atoms with van der Waals surface area (Å²) >= 11 is 0. The minimum absolute atomic E-state index is 0.677. The molecule has 1 spiro atoms. The lowest BCUT2D eigenvalue weighted by atomic mass is 9.62. The van der Waals surface area contributed by atoms with E-state index in [1.54, 1.807) is 0 Å². The summed E-state index contributed by atoms with van der Waals surface area (Å²) in [5, 5.41) is 8.23. The van der Waals surface area contributed by atoms with Gasteiger partial charge in [0.1, 0.15) is 11.5 Å². The highest BCUT2D eigenvalue weighted by molar-refractivity contribution is 7.85. The van der Waals surface area contributed by atoms with E-state index in [2.05, 4.69) is 150 Å². The van der Waals surface area contributed by atoms with Crippen molar-refractivity contribution in [1.82, 2.24) is 9.13 Å². The van der Waals surface area contributed by atoms with Crippen LogP contribution in [-0.4, -0.2) is 9.13 Å². The first-order valence-electron chi connectivity index (χ1n) is 20.7. The zero-order valence-electron chi connectivity index (χ0n) is 33.5. The molecule has 12 rings (SSSR count). The molecule has 4 nitrogen and oxygen atoms in total. The predicted octanol–water partition coefficient (Wildman–Crippen LogP) is 11.0. The topological polar surface area (TPSA) is 36.2 Å². The van der Waals surface area contributed by atoms with Gasteiger partial charge in [0.2, 0.25) is 0 Å². The molecule has 8 aromatic carbocycles. The number of benzene rings is 8. The number of fused-ring (bicyclic) bond motifs is 13. The van der Waals surface area contributed by atoms with Crippen LogP contribution in [0.5, 0.6) is 11.5 Å². The maximum atomic E-state index is 15.3. The van der Waals surface area contributed by atoms with Crippen molar-refractivity contribution in [3.05, 3.63) is 234 Å². The summed E-state index contributed by atoms with van der Waals surface area (Å²) < 4.78 is 27.1. The lowest BCUT2D eigenvalue weighted by Crippen LogP contribution is -2.46. The van der Waals surface area contributed by atoms with Crippen LogP contribution >= 0.6 is 7.14 Å². The van der Waals surface area contributed by atoms with Crippen LogP contribution in [0.3, 0.4) is 0 Å². The molecule has 10 aromatic rings. The second kappa shape index (κ2) is 13.3. The van der Waals surface area contributed by atoms with Gasteiger partial charge in [0, 0.05) is 60.2 Å². The lowest BCUT2D eigenvalue weighted by Gasteiger charge is -2.44. The number of nitrogens with zero attached hydrogens (tertiary/aromatic N) is 2. The molecule has 290 valence electrons. The normalized spacial score (nSPS) is 15.7.